The summed E-state index contributed by atoms with van der Waals surface area (Å²) in [6.45, 7) is 9.68. The van der Waals surface area contributed by atoms with Gasteiger partial charge in [0, 0.05) is 0 Å². The van der Waals surface area contributed by atoms with Gasteiger partial charge in [-0.3, -0.25) is 0 Å². The molecule has 0 saturated carbocycles. The minimum atomic E-state index is 0.841. The summed E-state index contributed by atoms with van der Waals surface area (Å²) in [5.41, 5.74) is 2.58. The standard InChI is InChI=1S/C18H31NO/c1-4-5-13-19-14-8-6-7-9-15-20-18-12-10-11-16(2)17(18)3/h10-12,19H,4-9,13-15H2,1-3H3. The van der Waals surface area contributed by atoms with E-state index >= 15 is 0 Å². The number of ether oxygens (including phenoxy) is 1. The molecule has 2 nitrogen and oxygen atoms in total. The van der Waals surface area contributed by atoms with Crippen LogP contribution < -0.4 is 10.1 Å². The quantitative estimate of drug-likeness (QED) is 0.595. The summed E-state index contributed by atoms with van der Waals surface area (Å²) in [7, 11) is 0. The molecule has 0 atom stereocenters. The molecule has 0 heterocycles. The van der Waals surface area contributed by atoms with Gasteiger partial charge in [-0.05, 0) is 63.4 Å². The molecule has 1 aromatic carbocycles. The third kappa shape index (κ3) is 6.95. The van der Waals surface area contributed by atoms with Gasteiger partial charge in [-0.15, -0.1) is 0 Å². The van der Waals surface area contributed by atoms with Gasteiger partial charge in [-0.25, -0.2) is 0 Å². The van der Waals surface area contributed by atoms with Crippen molar-refractivity contribution in [2.45, 2.75) is 59.3 Å². The van der Waals surface area contributed by atoms with Gasteiger partial charge < -0.3 is 10.1 Å². The summed E-state index contributed by atoms with van der Waals surface area (Å²) in [4.78, 5) is 0. The van der Waals surface area contributed by atoms with Crippen LogP contribution in [-0.2, 0) is 0 Å². The van der Waals surface area contributed by atoms with Crippen LogP contribution in [0.5, 0.6) is 5.75 Å². The Balaban J connectivity index is 1.98. The van der Waals surface area contributed by atoms with Gasteiger partial charge in [-0.1, -0.05) is 38.3 Å². The molecule has 114 valence electrons. The highest BCUT2D eigenvalue weighted by Crippen LogP contribution is 2.20. The SMILES string of the molecule is CCCCNCCCCCCOc1cccc(C)c1C. The van der Waals surface area contributed by atoms with Crippen LogP contribution in [0.3, 0.4) is 0 Å². The summed E-state index contributed by atoms with van der Waals surface area (Å²) >= 11 is 0. The summed E-state index contributed by atoms with van der Waals surface area (Å²) < 4.78 is 5.86. The largest absolute Gasteiger partial charge is 0.493 e. The molecule has 0 saturated heterocycles. The van der Waals surface area contributed by atoms with Crippen molar-refractivity contribution < 1.29 is 4.74 Å². The molecule has 0 spiro atoms. The van der Waals surface area contributed by atoms with Crippen LogP contribution in [0.1, 0.15) is 56.6 Å². The van der Waals surface area contributed by atoms with Gasteiger partial charge in [-0.2, -0.15) is 0 Å². The smallest absolute Gasteiger partial charge is 0.122 e. The van der Waals surface area contributed by atoms with E-state index in [4.69, 9.17) is 4.74 Å². The van der Waals surface area contributed by atoms with E-state index in [1.54, 1.807) is 0 Å². The lowest BCUT2D eigenvalue weighted by Crippen LogP contribution is -2.16. The van der Waals surface area contributed by atoms with E-state index < -0.39 is 0 Å². The highest BCUT2D eigenvalue weighted by molar-refractivity contribution is 5.38. The Morgan fingerprint density at radius 2 is 1.70 bits per heavy atom. The molecule has 1 rings (SSSR count). The summed E-state index contributed by atoms with van der Waals surface area (Å²) in [6, 6.07) is 6.27. The second-order valence-corrected chi connectivity index (χ2v) is 5.56. The van der Waals surface area contributed by atoms with Crippen molar-refractivity contribution in [1.29, 1.82) is 0 Å². The first-order valence-corrected chi connectivity index (χ1v) is 8.15. The molecule has 0 fully saturated rings. The third-order valence-electron chi connectivity index (χ3n) is 3.77. The fourth-order valence-electron chi connectivity index (χ4n) is 2.20. The van der Waals surface area contributed by atoms with Crippen molar-refractivity contribution in [1.82, 2.24) is 5.32 Å². The second-order valence-electron chi connectivity index (χ2n) is 5.56. The number of hydrogen-bond acceptors (Lipinski definition) is 2. The van der Waals surface area contributed by atoms with Crippen LogP contribution in [0.25, 0.3) is 0 Å². The van der Waals surface area contributed by atoms with Crippen molar-refractivity contribution in [2.24, 2.45) is 0 Å². The highest BCUT2D eigenvalue weighted by Gasteiger charge is 2.01. The minimum Gasteiger partial charge on any atom is -0.493 e. The molecular weight excluding hydrogens is 246 g/mol. The maximum Gasteiger partial charge on any atom is 0.122 e. The van der Waals surface area contributed by atoms with Gasteiger partial charge in [0.15, 0.2) is 0 Å². The zero-order valence-corrected chi connectivity index (χ0v) is 13.5. The Bertz CT molecular complexity index is 362. The first-order valence-electron chi connectivity index (χ1n) is 8.15. The number of aryl methyl sites for hydroxylation is 1. The number of nitrogens with one attached hydrogen (secondary N) is 1. The number of rotatable bonds is 11. The first kappa shape index (κ1) is 17.0. The Labute approximate surface area is 124 Å². The maximum atomic E-state index is 5.86. The molecule has 0 bridgehead atoms. The van der Waals surface area contributed by atoms with Crippen molar-refractivity contribution in [2.75, 3.05) is 19.7 Å². The molecule has 2 heteroatoms. The normalized spacial score (nSPS) is 10.8. The van der Waals surface area contributed by atoms with Gasteiger partial charge >= 0.3 is 0 Å². The number of hydrogen-bond donors (Lipinski definition) is 1. The maximum absolute atomic E-state index is 5.86. The van der Waals surface area contributed by atoms with E-state index in [2.05, 4.69) is 44.3 Å². The number of unbranched alkanes of at least 4 members (excludes halogenated alkanes) is 4. The van der Waals surface area contributed by atoms with E-state index in [0.717, 1.165) is 25.3 Å². The molecule has 0 radical (unpaired) electrons. The van der Waals surface area contributed by atoms with Crippen molar-refractivity contribution in [3.8, 4) is 5.75 Å². The van der Waals surface area contributed by atoms with Crippen molar-refractivity contribution in [3.63, 3.8) is 0 Å². The predicted molar refractivity (Wildman–Crippen MR) is 87.7 cm³/mol. The molecule has 1 aromatic rings. The first-order chi connectivity index (χ1) is 9.75. The second kappa shape index (κ2) is 10.7. The minimum absolute atomic E-state index is 0.841. The van der Waals surface area contributed by atoms with E-state index in [0.29, 0.717) is 0 Å². The zero-order valence-electron chi connectivity index (χ0n) is 13.5. The van der Waals surface area contributed by atoms with Gasteiger partial charge in [0.1, 0.15) is 5.75 Å². The van der Waals surface area contributed by atoms with E-state index in [9.17, 15) is 0 Å². The number of benzene rings is 1. The Morgan fingerprint density at radius 3 is 2.50 bits per heavy atom. The molecule has 20 heavy (non-hydrogen) atoms. The predicted octanol–water partition coefficient (Wildman–Crippen LogP) is 4.63. The molecule has 0 amide bonds. The van der Waals surface area contributed by atoms with Crippen LogP contribution in [0.2, 0.25) is 0 Å². The van der Waals surface area contributed by atoms with Crippen LogP contribution >= 0.6 is 0 Å². The van der Waals surface area contributed by atoms with Crippen molar-refractivity contribution in [3.05, 3.63) is 29.3 Å². The third-order valence-corrected chi connectivity index (χ3v) is 3.77. The lowest BCUT2D eigenvalue weighted by Gasteiger charge is -2.10. The van der Waals surface area contributed by atoms with E-state index in [1.165, 1.54) is 49.8 Å². The molecule has 1 N–H and O–H groups in total. The molecule has 0 aliphatic carbocycles. The molecule has 0 aromatic heterocycles. The van der Waals surface area contributed by atoms with E-state index in [-0.39, 0.29) is 0 Å². The Kier molecular flexibility index (Phi) is 9.14. The molecule has 0 aliphatic heterocycles. The summed E-state index contributed by atoms with van der Waals surface area (Å²) in [6.07, 6.45) is 7.58. The van der Waals surface area contributed by atoms with Crippen molar-refractivity contribution >= 4 is 0 Å². The Morgan fingerprint density at radius 1 is 0.950 bits per heavy atom. The summed E-state index contributed by atoms with van der Waals surface area (Å²) in [5, 5.41) is 3.49. The van der Waals surface area contributed by atoms with Crippen LogP contribution in [0, 0.1) is 13.8 Å². The molecular formula is C18H31NO. The van der Waals surface area contributed by atoms with Gasteiger partial charge in [0.2, 0.25) is 0 Å². The average Bonchev–Trinajstić information content (AvgIpc) is 2.45. The Hall–Kier alpha value is -1.02. The van der Waals surface area contributed by atoms with Crippen LogP contribution in [-0.4, -0.2) is 19.7 Å². The fraction of sp³-hybridized carbons (Fsp3) is 0.667. The van der Waals surface area contributed by atoms with E-state index in [1.807, 2.05) is 0 Å². The topological polar surface area (TPSA) is 21.3 Å². The fourth-order valence-corrected chi connectivity index (χ4v) is 2.20. The summed E-state index contributed by atoms with van der Waals surface area (Å²) in [5.74, 6) is 1.05. The van der Waals surface area contributed by atoms with Gasteiger partial charge in [0.05, 0.1) is 6.61 Å². The molecule has 0 unspecified atom stereocenters. The average molecular weight is 277 g/mol. The molecule has 0 aliphatic rings. The zero-order chi connectivity index (χ0) is 14.6. The lowest BCUT2D eigenvalue weighted by atomic mass is 10.1. The lowest BCUT2D eigenvalue weighted by molar-refractivity contribution is 0.302. The van der Waals surface area contributed by atoms with Gasteiger partial charge in [0.25, 0.3) is 0 Å². The highest BCUT2D eigenvalue weighted by atomic mass is 16.5. The van der Waals surface area contributed by atoms with Crippen LogP contribution in [0.15, 0.2) is 18.2 Å². The van der Waals surface area contributed by atoms with Crippen LogP contribution in [0.4, 0.5) is 0 Å². The monoisotopic (exact) mass is 277 g/mol.